The summed E-state index contributed by atoms with van der Waals surface area (Å²) in [7, 11) is 1.63. The molecule has 1 aliphatic rings. The highest BCUT2D eigenvalue weighted by Crippen LogP contribution is 2.34. The zero-order valence-electron chi connectivity index (χ0n) is 10.9. The number of aromatic nitrogens is 4. The molecule has 0 unspecified atom stereocenters. The molecule has 1 aromatic heterocycles. The quantitative estimate of drug-likeness (QED) is 0.853. The fraction of sp³-hybridized carbons (Fsp3) is 0.462. The van der Waals surface area contributed by atoms with Crippen molar-refractivity contribution in [1.29, 1.82) is 0 Å². The summed E-state index contributed by atoms with van der Waals surface area (Å²) in [5.74, 6) is 1.48. The molecular weight excluding hydrogens is 242 g/mol. The molecule has 3 rings (SSSR count). The second-order valence-electron chi connectivity index (χ2n) is 4.84. The van der Waals surface area contributed by atoms with Crippen molar-refractivity contribution in [2.45, 2.75) is 31.7 Å². The summed E-state index contributed by atoms with van der Waals surface area (Å²) < 4.78 is 7.14. The SMILES string of the molecule is COc1ccc(N)c(-c2nnnn2C2CCCC2)c1. The van der Waals surface area contributed by atoms with Crippen molar-refractivity contribution >= 4 is 5.69 Å². The normalized spacial score (nSPS) is 15.8. The lowest BCUT2D eigenvalue weighted by molar-refractivity contribution is 0.415. The van der Waals surface area contributed by atoms with Gasteiger partial charge in [0, 0.05) is 11.3 Å². The first-order valence-corrected chi connectivity index (χ1v) is 6.51. The van der Waals surface area contributed by atoms with Crippen LogP contribution in [0.15, 0.2) is 18.2 Å². The maximum Gasteiger partial charge on any atom is 0.184 e. The van der Waals surface area contributed by atoms with E-state index in [4.69, 9.17) is 10.5 Å². The number of ether oxygens (including phenoxy) is 1. The van der Waals surface area contributed by atoms with Crippen molar-refractivity contribution in [2.24, 2.45) is 0 Å². The number of nitrogen functional groups attached to an aromatic ring is 1. The fourth-order valence-electron chi connectivity index (χ4n) is 2.62. The summed E-state index contributed by atoms with van der Waals surface area (Å²) in [5.41, 5.74) is 7.53. The number of rotatable bonds is 3. The molecule has 1 aliphatic carbocycles. The van der Waals surface area contributed by atoms with Crippen LogP contribution in [0.25, 0.3) is 11.4 Å². The minimum Gasteiger partial charge on any atom is -0.497 e. The Balaban J connectivity index is 2.04. The smallest absolute Gasteiger partial charge is 0.184 e. The molecule has 6 heteroatoms. The van der Waals surface area contributed by atoms with E-state index in [2.05, 4.69) is 15.5 Å². The summed E-state index contributed by atoms with van der Waals surface area (Å²) in [4.78, 5) is 0. The number of anilines is 1. The average molecular weight is 259 g/mol. The molecule has 1 aromatic carbocycles. The van der Waals surface area contributed by atoms with Crippen LogP contribution in [-0.2, 0) is 0 Å². The summed E-state index contributed by atoms with van der Waals surface area (Å²) in [6.07, 6.45) is 4.72. The summed E-state index contributed by atoms with van der Waals surface area (Å²) in [6.45, 7) is 0. The highest BCUT2D eigenvalue weighted by molar-refractivity contribution is 5.73. The number of hydrogen-bond donors (Lipinski definition) is 1. The number of hydrogen-bond acceptors (Lipinski definition) is 5. The van der Waals surface area contributed by atoms with Gasteiger partial charge in [-0.3, -0.25) is 0 Å². The molecular formula is C13H17N5O. The van der Waals surface area contributed by atoms with Gasteiger partial charge in [-0.15, -0.1) is 5.10 Å². The number of benzene rings is 1. The van der Waals surface area contributed by atoms with Crippen LogP contribution in [0.3, 0.4) is 0 Å². The van der Waals surface area contributed by atoms with Gasteiger partial charge in [0.15, 0.2) is 5.82 Å². The van der Waals surface area contributed by atoms with Crippen LogP contribution in [0.1, 0.15) is 31.7 Å². The van der Waals surface area contributed by atoms with Crippen LogP contribution in [0, 0.1) is 0 Å². The zero-order valence-corrected chi connectivity index (χ0v) is 10.9. The highest BCUT2D eigenvalue weighted by atomic mass is 16.5. The second-order valence-corrected chi connectivity index (χ2v) is 4.84. The Kier molecular flexibility index (Phi) is 3.06. The summed E-state index contributed by atoms with van der Waals surface area (Å²) in [5, 5.41) is 12.1. The molecule has 6 nitrogen and oxygen atoms in total. The molecule has 0 spiro atoms. The first kappa shape index (κ1) is 12.0. The van der Waals surface area contributed by atoms with Crippen molar-refractivity contribution in [3.63, 3.8) is 0 Å². The molecule has 1 fully saturated rings. The van der Waals surface area contributed by atoms with Gasteiger partial charge in [-0.25, -0.2) is 4.68 Å². The second kappa shape index (κ2) is 4.87. The van der Waals surface area contributed by atoms with Crippen molar-refractivity contribution in [2.75, 3.05) is 12.8 Å². The van der Waals surface area contributed by atoms with Gasteiger partial charge < -0.3 is 10.5 Å². The zero-order chi connectivity index (χ0) is 13.2. The van der Waals surface area contributed by atoms with Crippen LogP contribution in [-0.4, -0.2) is 27.3 Å². The molecule has 2 aromatic rings. The number of methoxy groups -OCH3 is 1. The van der Waals surface area contributed by atoms with Gasteiger partial charge >= 0.3 is 0 Å². The first-order valence-electron chi connectivity index (χ1n) is 6.51. The van der Waals surface area contributed by atoms with Gasteiger partial charge in [-0.05, 0) is 41.5 Å². The molecule has 0 atom stereocenters. The predicted octanol–water partition coefficient (Wildman–Crippen LogP) is 2.05. The van der Waals surface area contributed by atoms with E-state index in [-0.39, 0.29) is 0 Å². The third kappa shape index (κ3) is 2.14. The van der Waals surface area contributed by atoms with Crippen molar-refractivity contribution < 1.29 is 4.74 Å². The molecule has 100 valence electrons. The number of tetrazole rings is 1. The Morgan fingerprint density at radius 3 is 2.84 bits per heavy atom. The molecule has 0 aliphatic heterocycles. The van der Waals surface area contributed by atoms with E-state index in [1.807, 2.05) is 22.9 Å². The van der Waals surface area contributed by atoms with E-state index in [1.165, 1.54) is 12.8 Å². The number of nitrogens with two attached hydrogens (primary N) is 1. The first-order chi connectivity index (χ1) is 9.29. The lowest BCUT2D eigenvalue weighted by Gasteiger charge is -2.13. The van der Waals surface area contributed by atoms with E-state index < -0.39 is 0 Å². The van der Waals surface area contributed by atoms with Crippen LogP contribution < -0.4 is 10.5 Å². The lowest BCUT2D eigenvalue weighted by atomic mass is 10.1. The van der Waals surface area contributed by atoms with Crippen LogP contribution in [0.5, 0.6) is 5.75 Å². The Bertz CT molecular complexity index is 574. The van der Waals surface area contributed by atoms with Gasteiger partial charge in [0.2, 0.25) is 0 Å². The third-order valence-corrected chi connectivity index (χ3v) is 3.66. The molecule has 2 N–H and O–H groups in total. The van der Waals surface area contributed by atoms with Gasteiger partial charge in [0.1, 0.15) is 5.75 Å². The molecule has 0 amide bonds. The molecule has 0 bridgehead atoms. The minimum absolute atomic E-state index is 0.385. The Morgan fingerprint density at radius 1 is 1.32 bits per heavy atom. The lowest BCUT2D eigenvalue weighted by Crippen LogP contribution is -2.09. The third-order valence-electron chi connectivity index (χ3n) is 3.66. The van der Waals surface area contributed by atoms with Crippen molar-refractivity contribution in [3.05, 3.63) is 18.2 Å². The Hall–Kier alpha value is -2.11. The summed E-state index contributed by atoms with van der Waals surface area (Å²) >= 11 is 0. The minimum atomic E-state index is 0.385. The van der Waals surface area contributed by atoms with E-state index in [0.717, 1.165) is 30.0 Å². The van der Waals surface area contributed by atoms with Gasteiger partial charge in [-0.1, -0.05) is 12.8 Å². The molecule has 1 saturated carbocycles. The van der Waals surface area contributed by atoms with E-state index in [0.29, 0.717) is 11.7 Å². The molecule has 19 heavy (non-hydrogen) atoms. The maximum atomic E-state index is 6.04. The van der Waals surface area contributed by atoms with Gasteiger partial charge in [-0.2, -0.15) is 0 Å². The van der Waals surface area contributed by atoms with E-state index in [9.17, 15) is 0 Å². The maximum absolute atomic E-state index is 6.04. The molecule has 1 heterocycles. The fourth-order valence-corrected chi connectivity index (χ4v) is 2.62. The summed E-state index contributed by atoms with van der Waals surface area (Å²) in [6, 6.07) is 5.92. The topological polar surface area (TPSA) is 78.8 Å². The Labute approximate surface area is 111 Å². The molecule has 0 radical (unpaired) electrons. The Morgan fingerprint density at radius 2 is 2.11 bits per heavy atom. The van der Waals surface area contributed by atoms with Crippen molar-refractivity contribution in [1.82, 2.24) is 20.2 Å². The number of nitrogens with zero attached hydrogens (tertiary/aromatic N) is 4. The highest BCUT2D eigenvalue weighted by Gasteiger charge is 2.23. The van der Waals surface area contributed by atoms with Crippen molar-refractivity contribution in [3.8, 4) is 17.1 Å². The standard InChI is InChI=1S/C13H17N5O/c1-19-10-6-7-12(14)11(8-10)13-15-16-17-18(13)9-4-2-3-5-9/h6-9H,2-5,14H2,1H3. The van der Waals surface area contributed by atoms with Crippen LogP contribution >= 0.6 is 0 Å². The monoisotopic (exact) mass is 259 g/mol. The van der Waals surface area contributed by atoms with Crippen LogP contribution in [0.4, 0.5) is 5.69 Å². The van der Waals surface area contributed by atoms with Gasteiger partial charge in [0.25, 0.3) is 0 Å². The van der Waals surface area contributed by atoms with Crippen LogP contribution in [0.2, 0.25) is 0 Å². The average Bonchev–Trinajstić information content (AvgIpc) is 3.09. The van der Waals surface area contributed by atoms with E-state index >= 15 is 0 Å². The van der Waals surface area contributed by atoms with E-state index in [1.54, 1.807) is 7.11 Å². The predicted molar refractivity (Wildman–Crippen MR) is 71.7 cm³/mol. The largest absolute Gasteiger partial charge is 0.497 e. The van der Waals surface area contributed by atoms with Gasteiger partial charge in [0.05, 0.1) is 13.2 Å². The molecule has 0 saturated heterocycles.